The fraction of sp³-hybridized carbons (Fsp3) is 0.571. The molecule has 1 N–H and O–H groups in total. The summed E-state index contributed by atoms with van der Waals surface area (Å²) in [6.45, 7) is 1.31. The minimum absolute atomic E-state index is 0.0381. The van der Waals surface area contributed by atoms with Crippen LogP contribution in [0.4, 0.5) is 0 Å². The van der Waals surface area contributed by atoms with E-state index in [2.05, 4.69) is 6.07 Å². The number of carbonyl (C=O) groups is 2. The molecule has 1 aliphatic heterocycles. The maximum Gasteiger partial charge on any atom is 0.305 e. The Hall–Kier alpha value is -1.40. The van der Waals surface area contributed by atoms with Gasteiger partial charge in [0, 0.05) is 17.8 Å². The van der Waals surface area contributed by atoms with Crippen molar-refractivity contribution in [2.45, 2.75) is 31.7 Å². The zero-order valence-corrected chi connectivity index (χ0v) is 12.1. The third kappa shape index (κ3) is 4.31. The van der Waals surface area contributed by atoms with Gasteiger partial charge >= 0.3 is 5.97 Å². The monoisotopic (exact) mass is 297 g/mol. The molecule has 2 heterocycles. The van der Waals surface area contributed by atoms with Gasteiger partial charge in [0.15, 0.2) is 0 Å². The molecule has 1 aliphatic rings. The number of rotatable bonds is 6. The maximum atomic E-state index is 12.2. The van der Waals surface area contributed by atoms with Gasteiger partial charge in [-0.15, -0.1) is 11.3 Å². The molecule has 0 bridgehead atoms. The second-order valence-corrected chi connectivity index (χ2v) is 5.88. The second kappa shape index (κ2) is 7.40. The summed E-state index contributed by atoms with van der Waals surface area (Å²) in [6.07, 6.45) is 2.12. The van der Waals surface area contributed by atoms with E-state index in [1.165, 1.54) is 4.88 Å². The Morgan fingerprint density at radius 1 is 1.50 bits per heavy atom. The molecule has 1 saturated heterocycles. The number of nitrogens with zero attached hydrogens (tertiary/aromatic N) is 1. The molecule has 0 radical (unpaired) electrons. The van der Waals surface area contributed by atoms with E-state index in [0.717, 1.165) is 12.8 Å². The summed E-state index contributed by atoms with van der Waals surface area (Å²) in [6, 6.07) is 3.75. The van der Waals surface area contributed by atoms with Crippen molar-refractivity contribution < 1.29 is 19.4 Å². The van der Waals surface area contributed by atoms with E-state index in [4.69, 9.17) is 9.84 Å². The minimum atomic E-state index is -0.892. The quantitative estimate of drug-likeness (QED) is 0.869. The maximum absolute atomic E-state index is 12.2. The molecule has 1 aromatic rings. The van der Waals surface area contributed by atoms with Crippen molar-refractivity contribution in [3.8, 4) is 0 Å². The number of ether oxygens (including phenoxy) is 1. The Labute approximate surface area is 122 Å². The molecule has 0 saturated carbocycles. The predicted molar refractivity (Wildman–Crippen MR) is 75.8 cm³/mol. The van der Waals surface area contributed by atoms with E-state index < -0.39 is 5.97 Å². The van der Waals surface area contributed by atoms with Crippen LogP contribution < -0.4 is 0 Å². The third-order valence-corrected chi connectivity index (χ3v) is 4.29. The van der Waals surface area contributed by atoms with Crippen molar-refractivity contribution in [1.82, 2.24) is 4.90 Å². The fourth-order valence-electron chi connectivity index (χ4n) is 2.37. The van der Waals surface area contributed by atoms with E-state index >= 15 is 0 Å². The lowest BCUT2D eigenvalue weighted by molar-refractivity contribution is -0.146. The Bertz CT molecular complexity index is 446. The van der Waals surface area contributed by atoms with Gasteiger partial charge in [-0.25, -0.2) is 0 Å². The number of amides is 1. The second-order valence-electron chi connectivity index (χ2n) is 4.85. The molecule has 0 aliphatic carbocycles. The summed E-state index contributed by atoms with van der Waals surface area (Å²) in [5.74, 6) is -0.854. The zero-order chi connectivity index (χ0) is 14.4. The van der Waals surface area contributed by atoms with E-state index in [9.17, 15) is 9.59 Å². The Morgan fingerprint density at radius 3 is 3.05 bits per heavy atom. The third-order valence-electron chi connectivity index (χ3n) is 3.35. The number of carboxylic acid groups (broad SMARTS) is 1. The van der Waals surface area contributed by atoms with E-state index in [1.54, 1.807) is 16.2 Å². The lowest BCUT2D eigenvalue weighted by Crippen LogP contribution is -2.49. The summed E-state index contributed by atoms with van der Waals surface area (Å²) < 4.78 is 5.27. The van der Waals surface area contributed by atoms with Crippen LogP contribution in [0.25, 0.3) is 0 Å². The Balaban J connectivity index is 1.81. The van der Waals surface area contributed by atoms with Gasteiger partial charge in [-0.2, -0.15) is 0 Å². The lowest BCUT2D eigenvalue weighted by atomic mass is 10.1. The van der Waals surface area contributed by atoms with Crippen LogP contribution in [0.5, 0.6) is 0 Å². The number of aliphatic carboxylic acids is 1. The molecule has 20 heavy (non-hydrogen) atoms. The number of carbonyl (C=O) groups excluding carboxylic acids is 1. The van der Waals surface area contributed by atoms with Crippen LogP contribution in [0, 0.1) is 0 Å². The molecule has 0 spiro atoms. The Morgan fingerprint density at radius 2 is 2.35 bits per heavy atom. The highest BCUT2D eigenvalue weighted by molar-refractivity contribution is 7.09. The van der Waals surface area contributed by atoms with Gasteiger partial charge in [0.2, 0.25) is 5.91 Å². The highest BCUT2D eigenvalue weighted by atomic mass is 32.1. The van der Waals surface area contributed by atoms with Crippen molar-refractivity contribution in [3.63, 3.8) is 0 Å². The molecule has 1 aromatic heterocycles. The largest absolute Gasteiger partial charge is 0.481 e. The van der Waals surface area contributed by atoms with Gasteiger partial charge in [0.05, 0.1) is 25.7 Å². The molecule has 110 valence electrons. The standard InChI is InChI=1S/C14H19NO4S/c16-13(5-1-3-12-4-2-8-20-12)15-6-7-19-10-11(15)9-14(17)18/h2,4,8,11H,1,3,5-7,9-10H2,(H,17,18). The summed E-state index contributed by atoms with van der Waals surface area (Å²) in [5.41, 5.74) is 0. The van der Waals surface area contributed by atoms with Crippen LogP contribution in [0.1, 0.15) is 24.1 Å². The number of morpholine rings is 1. The number of aryl methyl sites for hydroxylation is 1. The first-order chi connectivity index (χ1) is 9.66. The number of thiophene rings is 1. The first kappa shape index (κ1) is 15.0. The van der Waals surface area contributed by atoms with E-state index in [1.807, 2.05) is 11.4 Å². The van der Waals surface area contributed by atoms with Crippen LogP contribution in [0.15, 0.2) is 17.5 Å². The smallest absolute Gasteiger partial charge is 0.305 e. The fourth-order valence-corrected chi connectivity index (χ4v) is 3.12. The highest BCUT2D eigenvalue weighted by Crippen LogP contribution is 2.16. The summed E-state index contributed by atoms with van der Waals surface area (Å²) >= 11 is 1.70. The summed E-state index contributed by atoms with van der Waals surface area (Å²) in [7, 11) is 0. The van der Waals surface area contributed by atoms with Crippen molar-refractivity contribution in [2.75, 3.05) is 19.8 Å². The molecule has 2 rings (SSSR count). The molecule has 1 atom stereocenters. The van der Waals surface area contributed by atoms with Crippen LogP contribution in [-0.2, 0) is 20.7 Å². The number of carboxylic acids is 1. The topological polar surface area (TPSA) is 66.8 Å². The van der Waals surface area contributed by atoms with Crippen molar-refractivity contribution in [2.24, 2.45) is 0 Å². The average Bonchev–Trinajstić information content (AvgIpc) is 2.91. The summed E-state index contributed by atoms with van der Waals surface area (Å²) in [4.78, 5) is 26.0. The molecule has 6 heteroatoms. The molecular formula is C14H19NO4S. The first-order valence-corrected chi connectivity index (χ1v) is 7.66. The van der Waals surface area contributed by atoms with Crippen LogP contribution in [0.2, 0.25) is 0 Å². The molecular weight excluding hydrogens is 278 g/mol. The average molecular weight is 297 g/mol. The summed E-state index contributed by atoms with van der Waals surface area (Å²) in [5, 5.41) is 10.9. The van der Waals surface area contributed by atoms with Gasteiger partial charge < -0.3 is 14.7 Å². The Kier molecular flexibility index (Phi) is 5.55. The number of hydrogen-bond acceptors (Lipinski definition) is 4. The van der Waals surface area contributed by atoms with Gasteiger partial charge in [-0.3, -0.25) is 9.59 Å². The van der Waals surface area contributed by atoms with Gasteiger partial charge in [0.1, 0.15) is 0 Å². The molecule has 1 fully saturated rings. The highest BCUT2D eigenvalue weighted by Gasteiger charge is 2.28. The molecule has 5 nitrogen and oxygen atoms in total. The predicted octanol–water partition coefficient (Wildman–Crippen LogP) is 1.77. The van der Waals surface area contributed by atoms with E-state index in [-0.39, 0.29) is 18.4 Å². The van der Waals surface area contributed by atoms with Crippen LogP contribution in [-0.4, -0.2) is 47.7 Å². The zero-order valence-electron chi connectivity index (χ0n) is 11.3. The molecule has 1 amide bonds. The van der Waals surface area contributed by atoms with Crippen molar-refractivity contribution in [3.05, 3.63) is 22.4 Å². The van der Waals surface area contributed by atoms with Gasteiger partial charge in [-0.1, -0.05) is 6.07 Å². The van der Waals surface area contributed by atoms with E-state index in [0.29, 0.717) is 26.2 Å². The first-order valence-electron chi connectivity index (χ1n) is 6.78. The van der Waals surface area contributed by atoms with Gasteiger partial charge in [-0.05, 0) is 24.3 Å². The van der Waals surface area contributed by atoms with Crippen LogP contribution >= 0.6 is 11.3 Å². The normalized spacial score (nSPS) is 19.0. The number of hydrogen-bond donors (Lipinski definition) is 1. The van der Waals surface area contributed by atoms with Crippen LogP contribution in [0.3, 0.4) is 0 Å². The minimum Gasteiger partial charge on any atom is -0.481 e. The van der Waals surface area contributed by atoms with Gasteiger partial charge in [0.25, 0.3) is 0 Å². The SMILES string of the molecule is O=C(O)CC1COCCN1C(=O)CCCc1cccs1. The van der Waals surface area contributed by atoms with Crippen molar-refractivity contribution in [1.29, 1.82) is 0 Å². The molecule has 0 aromatic carbocycles. The lowest BCUT2D eigenvalue weighted by Gasteiger charge is -2.35. The molecule has 1 unspecified atom stereocenters. The van der Waals surface area contributed by atoms with Crippen molar-refractivity contribution >= 4 is 23.2 Å².